The van der Waals surface area contributed by atoms with Crippen molar-refractivity contribution in [3.63, 3.8) is 0 Å². The van der Waals surface area contributed by atoms with Gasteiger partial charge in [0.25, 0.3) is 0 Å². The molecule has 0 heterocycles. The minimum Gasteiger partial charge on any atom is -0.494 e. The van der Waals surface area contributed by atoms with Gasteiger partial charge < -0.3 is 4.74 Å². The van der Waals surface area contributed by atoms with Gasteiger partial charge in [-0.1, -0.05) is 31.2 Å². The average molecular weight is 344 g/mol. The molecule has 0 saturated carbocycles. The lowest BCUT2D eigenvalue weighted by Crippen LogP contribution is -2.24. The van der Waals surface area contributed by atoms with Crippen LogP contribution in [0.5, 0.6) is 5.75 Å². The lowest BCUT2D eigenvalue weighted by Gasteiger charge is -2.08. The largest absolute Gasteiger partial charge is 0.494 e. The smallest absolute Gasteiger partial charge is 0.216 e. The third kappa shape index (κ3) is 5.69. The zero-order valence-electron chi connectivity index (χ0n) is 13.5. The lowest BCUT2D eigenvalue weighted by atomic mass is 10.2. The Hall–Kier alpha value is -2.36. The molecular weight excluding hydrogens is 324 g/mol. The molecule has 0 bridgehead atoms. The molecule has 2 aromatic carbocycles. The normalized spacial score (nSPS) is 11.0. The molecule has 6 heteroatoms. The van der Waals surface area contributed by atoms with Crippen LogP contribution < -0.4 is 9.46 Å². The standard InChI is InChI=1S/C18H20N2O3S/c1-2-10-23-18-8-6-15(7-9-18)13-20-24(21,22)14-17-5-3-4-16(11-17)12-19/h3-9,11,20H,2,10,13-14H2,1H3. The van der Waals surface area contributed by atoms with Crippen molar-refractivity contribution >= 4 is 10.0 Å². The predicted octanol–water partition coefficient (Wildman–Crippen LogP) is 2.97. The summed E-state index contributed by atoms with van der Waals surface area (Å²) in [5.74, 6) is 0.622. The van der Waals surface area contributed by atoms with Gasteiger partial charge in [-0.3, -0.25) is 0 Å². The van der Waals surface area contributed by atoms with Crippen LogP contribution in [0, 0.1) is 11.3 Å². The molecule has 0 amide bonds. The summed E-state index contributed by atoms with van der Waals surface area (Å²) in [5.41, 5.74) is 1.89. The van der Waals surface area contributed by atoms with E-state index in [0.717, 1.165) is 17.7 Å². The Morgan fingerprint density at radius 3 is 2.54 bits per heavy atom. The minimum absolute atomic E-state index is 0.153. The van der Waals surface area contributed by atoms with Crippen molar-refractivity contribution in [2.75, 3.05) is 6.61 Å². The molecule has 0 saturated heterocycles. The van der Waals surface area contributed by atoms with Crippen LogP contribution in [-0.2, 0) is 22.3 Å². The molecule has 24 heavy (non-hydrogen) atoms. The van der Waals surface area contributed by atoms with Gasteiger partial charge in [0.2, 0.25) is 10.0 Å². The Labute approximate surface area is 142 Å². The maximum absolute atomic E-state index is 12.2. The molecule has 0 radical (unpaired) electrons. The van der Waals surface area contributed by atoms with Crippen molar-refractivity contribution in [1.29, 1.82) is 5.26 Å². The molecule has 0 aliphatic rings. The van der Waals surface area contributed by atoms with Gasteiger partial charge in [-0.15, -0.1) is 0 Å². The second kappa shape index (κ2) is 8.48. The summed E-state index contributed by atoms with van der Waals surface area (Å²) < 4.78 is 32.4. The fourth-order valence-corrected chi connectivity index (χ4v) is 3.22. The van der Waals surface area contributed by atoms with Gasteiger partial charge in [0, 0.05) is 6.54 Å². The monoisotopic (exact) mass is 344 g/mol. The van der Waals surface area contributed by atoms with E-state index in [1.807, 2.05) is 37.3 Å². The highest BCUT2D eigenvalue weighted by Gasteiger charge is 2.11. The maximum atomic E-state index is 12.2. The van der Waals surface area contributed by atoms with E-state index >= 15 is 0 Å². The molecule has 2 aromatic rings. The highest BCUT2D eigenvalue weighted by molar-refractivity contribution is 7.88. The fourth-order valence-electron chi connectivity index (χ4n) is 2.12. The Balaban J connectivity index is 1.93. The van der Waals surface area contributed by atoms with Gasteiger partial charge in [0.15, 0.2) is 0 Å². The number of nitriles is 1. The Kier molecular flexibility index (Phi) is 6.36. The number of sulfonamides is 1. The quantitative estimate of drug-likeness (QED) is 0.798. The van der Waals surface area contributed by atoms with Gasteiger partial charge in [-0.05, 0) is 41.8 Å². The van der Waals surface area contributed by atoms with Crippen molar-refractivity contribution in [2.24, 2.45) is 0 Å². The predicted molar refractivity (Wildman–Crippen MR) is 92.8 cm³/mol. The summed E-state index contributed by atoms with van der Waals surface area (Å²) in [4.78, 5) is 0. The number of hydrogen-bond donors (Lipinski definition) is 1. The molecule has 0 fully saturated rings. The van der Waals surface area contributed by atoms with Crippen LogP contribution in [-0.4, -0.2) is 15.0 Å². The average Bonchev–Trinajstić information content (AvgIpc) is 2.59. The van der Waals surface area contributed by atoms with Crippen molar-refractivity contribution < 1.29 is 13.2 Å². The molecule has 1 N–H and O–H groups in total. The second-order valence-electron chi connectivity index (χ2n) is 5.38. The summed E-state index contributed by atoms with van der Waals surface area (Å²) in [5, 5.41) is 8.86. The highest BCUT2D eigenvalue weighted by atomic mass is 32.2. The minimum atomic E-state index is -3.47. The third-order valence-corrected chi connectivity index (χ3v) is 4.60. The first-order chi connectivity index (χ1) is 11.5. The van der Waals surface area contributed by atoms with Crippen molar-refractivity contribution in [3.05, 3.63) is 65.2 Å². The van der Waals surface area contributed by atoms with Crippen LogP contribution in [0.15, 0.2) is 48.5 Å². The molecule has 126 valence electrons. The van der Waals surface area contributed by atoms with Crippen LogP contribution in [0.3, 0.4) is 0 Å². The van der Waals surface area contributed by atoms with E-state index in [4.69, 9.17) is 10.00 Å². The van der Waals surface area contributed by atoms with Crippen LogP contribution in [0.2, 0.25) is 0 Å². The Bertz CT molecular complexity index is 809. The highest BCUT2D eigenvalue weighted by Crippen LogP contribution is 2.13. The molecule has 5 nitrogen and oxygen atoms in total. The molecule has 0 unspecified atom stereocenters. The molecule has 0 aliphatic heterocycles. The lowest BCUT2D eigenvalue weighted by molar-refractivity contribution is 0.317. The first-order valence-corrected chi connectivity index (χ1v) is 9.36. The van der Waals surface area contributed by atoms with Gasteiger partial charge in [0.05, 0.1) is 24.0 Å². The number of hydrogen-bond acceptors (Lipinski definition) is 4. The maximum Gasteiger partial charge on any atom is 0.216 e. The first kappa shape index (κ1) is 18.0. The Morgan fingerprint density at radius 2 is 1.88 bits per heavy atom. The number of nitrogens with zero attached hydrogens (tertiary/aromatic N) is 1. The molecule has 0 aliphatic carbocycles. The van der Waals surface area contributed by atoms with E-state index < -0.39 is 10.0 Å². The van der Waals surface area contributed by atoms with Crippen LogP contribution in [0.25, 0.3) is 0 Å². The van der Waals surface area contributed by atoms with Crippen LogP contribution in [0.1, 0.15) is 30.0 Å². The van der Waals surface area contributed by atoms with Crippen molar-refractivity contribution in [3.8, 4) is 11.8 Å². The number of benzene rings is 2. The summed E-state index contributed by atoms with van der Waals surface area (Å²) in [6, 6.07) is 15.9. The number of rotatable bonds is 8. The molecule has 0 atom stereocenters. The van der Waals surface area contributed by atoms with E-state index in [2.05, 4.69) is 4.72 Å². The second-order valence-corrected chi connectivity index (χ2v) is 7.19. The number of ether oxygens (including phenoxy) is 1. The zero-order valence-corrected chi connectivity index (χ0v) is 14.3. The summed E-state index contributed by atoms with van der Waals surface area (Å²) in [6.07, 6.45) is 0.939. The first-order valence-electron chi connectivity index (χ1n) is 7.70. The van der Waals surface area contributed by atoms with Crippen molar-refractivity contribution in [2.45, 2.75) is 25.6 Å². The summed E-state index contributed by atoms with van der Waals surface area (Å²) in [6.45, 7) is 2.91. The van der Waals surface area contributed by atoms with Crippen LogP contribution >= 0.6 is 0 Å². The fraction of sp³-hybridized carbons (Fsp3) is 0.278. The summed E-state index contributed by atoms with van der Waals surface area (Å²) >= 11 is 0. The molecule has 0 aromatic heterocycles. The third-order valence-electron chi connectivity index (χ3n) is 3.31. The van der Waals surface area contributed by atoms with E-state index in [9.17, 15) is 8.42 Å². The zero-order chi connectivity index (χ0) is 17.4. The van der Waals surface area contributed by atoms with Gasteiger partial charge in [-0.2, -0.15) is 5.26 Å². The van der Waals surface area contributed by atoms with Gasteiger partial charge in [0.1, 0.15) is 5.75 Å². The topological polar surface area (TPSA) is 79.2 Å². The van der Waals surface area contributed by atoms with E-state index in [0.29, 0.717) is 17.7 Å². The SMILES string of the molecule is CCCOc1ccc(CNS(=O)(=O)Cc2cccc(C#N)c2)cc1. The van der Waals surface area contributed by atoms with E-state index in [1.54, 1.807) is 24.3 Å². The molecule has 2 rings (SSSR count). The Morgan fingerprint density at radius 1 is 1.12 bits per heavy atom. The summed E-state index contributed by atoms with van der Waals surface area (Å²) in [7, 11) is -3.47. The van der Waals surface area contributed by atoms with Gasteiger partial charge in [-0.25, -0.2) is 13.1 Å². The van der Waals surface area contributed by atoms with Gasteiger partial charge >= 0.3 is 0 Å². The molecular formula is C18H20N2O3S. The molecule has 0 spiro atoms. The van der Waals surface area contributed by atoms with Crippen molar-refractivity contribution in [1.82, 2.24) is 4.72 Å². The van der Waals surface area contributed by atoms with Crippen LogP contribution in [0.4, 0.5) is 0 Å². The van der Waals surface area contributed by atoms with E-state index in [1.165, 1.54) is 0 Å². The number of nitrogens with one attached hydrogen (secondary N) is 1. The van der Waals surface area contributed by atoms with E-state index in [-0.39, 0.29) is 12.3 Å².